The second-order valence-electron chi connectivity index (χ2n) is 2.62. The van der Waals surface area contributed by atoms with Crippen molar-refractivity contribution in [2.45, 2.75) is 12.5 Å². The van der Waals surface area contributed by atoms with Crippen LogP contribution in [0, 0.1) is 0 Å². The van der Waals surface area contributed by atoms with Crippen LogP contribution in [0.25, 0.3) is 0 Å². The summed E-state index contributed by atoms with van der Waals surface area (Å²) in [4.78, 5) is 10.3. The molecule has 1 rings (SSSR count). The average molecular weight is 201 g/mol. The van der Waals surface area contributed by atoms with Gasteiger partial charge in [0.1, 0.15) is 0 Å². The Morgan fingerprint density at radius 2 is 1.92 bits per heavy atom. The zero-order valence-corrected chi connectivity index (χ0v) is 7.79. The van der Waals surface area contributed by atoms with E-state index in [1.165, 1.54) is 0 Å². The SMILES string of the molecule is Cl.NC(Cc1ccccc1)C(=O)[O-]. The van der Waals surface area contributed by atoms with Gasteiger partial charge in [0.25, 0.3) is 0 Å². The van der Waals surface area contributed by atoms with Gasteiger partial charge in [-0.25, -0.2) is 0 Å². The lowest BCUT2D eigenvalue weighted by Crippen LogP contribution is -2.43. The molecule has 2 N–H and O–H groups in total. The van der Waals surface area contributed by atoms with Crippen molar-refractivity contribution in [2.24, 2.45) is 5.73 Å². The Morgan fingerprint density at radius 1 is 1.38 bits per heavy atom. The van der Waals surface area contributed by atoms with Gasteiger partial charge < -0.3 is 15.6 Å². The largest absolute Gasteiger partial charge is 0.548 e. The van der Waals surface area contributed by atoms with Gasteiger partial charge >= 0.3 is 0 Å². The molecular formula is C9H11ClNO2-. The van der Waals surface area contributed by atoms with E-state index < -0.39 is 12.0 Å². The minimum Gasteiger partial charge on any atom is -0.548 e. The van der Waals surface area contributed by atoms with Crippen molar-refractivity contribution >= 4 is 18.4 Å². The number of aliphatic carboxylic acids is 1. The normalized spacial score (nSPS) is 11.5. The monoisotopic (exact) mass is 200 g/mol. The maximum absolute atomic E-state index is 10.3. The van der Waals surface area contributed by atoms with Crippen molar-refractivity contribution in [1.82, 2.24) is 0 Å². The highest BCUT2D eigenvalue weighted by atomic mass is 35.5. The smallest absolute Gasteiger partial charge is 0.0585 e. The second-order valence-corrected chi connectivity index (χ2v) is 2.62. The van der Waals surface area contributed by atoms with Crippen LogP contribution < -0.4 is 10.8 Å². The minimum atomic E-state index is -1.21. The molecule has 0 spiro atoms. The molecule has 4 heteroatoms. The van der Waals surface area contributed by atoms with E-state index in [0.29, 0.717) is 6.42 Å². The van der Waals surface area contributed by atoms with Crippen LogP contribution >= 0.6 is 12.4 Å². The zero-order valence-electron chi connectivity index (χ0n) is 6.97. The molecule has 0 aliphatic rings. The second kappa shape index (κ2) is 5.56. The lowest BCUT2D eigenvalue weighted by Gasteiger charge is -2.11. The molecule has 0 aliphatic heterocycles. The molecule has 72 valence electrons. The Morgan fingerprint density at radius 3 is 2.38 bits per heavy atom. The average Bonchev–Trinajstić information content (AvgIpc) is 2.06. The van der Waals surface area contributed by atoms with E-state index in [2.05, 4.69) is 0 Å². The predicted molar refractivity (Wildman–Crippen MR) is 50.4 cm³/mol. The summed E-state index contributed by atoms with van der Waals surface area (Å²) in [6.45, 7) is 0. The molecule has 0 radical (unpaired) electrons. The van der Waals surface area contributed by atoms with Gasteiger partial charge in [-0.2, -0.15) is 0 Å². The van der Waals surface area contributed by atoms with Gasteiger partial charge in [-0.15, -0.1) is 12.4 Å². The fourth-order valence-electron chi connectivity index (χ4n) is 0.951. The number of carboxylic acids is 1. The zero-order chi connectivity index (χ0) is 8.97. The van der Waals surface area contributed by atoms with Gasteiger partial charge in [-0.1, -0.05) is 30.3 Å². The van der Waals surface area contributed by atoms with Crippen molar-refractivity contribution < 1.29 is 9.90 Å². The fraction of sp³-hybridized carbons (Fsp3) is 0.222. The van der Waals surface area contributed by atoms with Crippen LogP contribution in [0.3, 0.4) is 0 Å². The van der Waals surface area contributed by atoms with E-state index >= 15 is 0 Å². The quantitative estimate of drug-likeness (QED) is 0.731. The standard InChI is InChI=1S/C9H11NO2.ClH/c10-8(9(11)12)6-7-4-2-1-3-5-7;/h1-5,8H,6,10H2,(H,11,12);1H/p-1. The molecule has 1 atom stereocenters. The van der Waals surface area contributed by atoms with Crippen molar-refractivity contribution in [3.63, 3.8) is 0 Å². The molecular weight excluding hydrogens is 190 g/mol. The topological polar surface area (TPSA) is 66.2 Å². The van der Waals surface area contributed by atoms with E-state index in [0.717, 1.165) is 5.56 Å². The van der Waals surface area contributed by atoms with Crippen molar-refractivity contribution in [3.8, 4) is 0 Å². The molecule has 0 amide bonds. The maximum atomic E-state index is 10.3. The molecule has 1 unspecified atom stereocenters. The number of carbonyl (C=O) groups is 1. The molecule has 0 saturated carbocycles. The van der Waals surface area contributed by atoms with Crippen molar-refractivity contribution in [2.75, 3.05) is 0 Å². The molecule has 0 aromatic heterocycles. The first-order valence-corrected chi connectivity index (χ1v) is 3.70. The minimum absolute atomic E-state index is 0. The van der Waals surface area contributed by atoms with Crippen LogP contribution in [0.15, 0.2) is 30.3 Å². The number of hydrogen-bond donors (Lipinski definition) is 1. The number of benzene rings is 1. The van der Waals surface area contributed by atoms with Crippen LogP contribution in [-0.2, 0) is 11.2 Å². The highest BCUT2D eigenvalue weighted by Crippen LogP contribution is 2.00. The van der Waals surface area contributed by atoms with Gasteiger partial charge in [0, 0.05) is 6.04 Å². The number of hydrogen-bond acceptors (Lipinski definition) is 3. The van der Waals surface area contributed by atoms with Gasteiger partial charge in [0.2, 0.25) is 0 Å². The molecule has 1 aromatic carbocycles. The van der Waals surface area contributed by atoms with E-state index in [4.69, 9.17) is 5.73 Å². The lowest BCUT2D eigenvalue weighted by atomic mass is 10.1. The van der Waals surface area contributed by atoms with E-state index in [1.807, 2.05) is 30.3 Å². The maximum Gasteiger partial charge on any atom is 0.0585 e. The van der Waals surface area contributed by atoms with Gasteiger partial charge in [-0.05, 0) is 12.0 Å². The summed E-state index contributed by atoms with van der Waals surface area (Å²) >= 11 is 0. The molecule has 0 fully saturated rings. The highest BCUT2D eigenvalue weighted by molar-refractivity contribution is 5.85. The summed E-state index contributed by atoms with van der Waals surface area (Å²) in [7, 11) is 0. The van der Waals surface area contributed by atoms with Crippen LogP contribution in [0.2, 0.25) is 0 Å². The van der Waals surface area contributed by atoms with E-state index in [-0.39, 0.29) is 12.4 Å². The molecule has 0 aliphatic carbocycles. The molecule has 1 aromatic rings. The third-order valence-corrected chi connectivity index (χ3v) is 1.60. The summed E-state index contributed by atoms with van der Waals surface area (Å²) < 4.78 is 0. The third kappa shape index (κ3) is 3.92. The predicted octanol–water partition coefficient (Wildman–Crippen LogP) is -0.272. The molecule has 0 heterocycles. The van der Waals surface area contributed by atoms with E-state index in [1.54, 1.807) is 0 Å². The number of rotatable bonds is 3. The Bertz CT molecular complexity index is 264. The lowest BCUT2D eigenvalue weighted by molar-refractivity contribution is -0.307. The third-order valence-electron chi connectivity index (χ3n) is 1.60. The van der Waals surface area contributed by atoms with Crippen LogP contribution in [0.4, 0.5) is 0 Å². The molecule has 0 bridgehead atoms. The summed E-state index contributed by atoms with van der Waals surface area (Å²) in [6.07, 6.45) is 0.323. The fourth-order valence-corrected chi connectivity index (χ4v) is 0.951. The number of carboxylic acid groups (broad SMARTS) is 1. The van der Waals surface area contributed by atoms with Crippen molar-refractivity contribution in [3.05, 3.63) is 35.9 Å². The van der Waals surface area contributed by atoms with Crippen LogP contribution in [0.5, 0.6) is 0 Å². The summed E-state index contributed by atoms with van der Waals surface area (Å²) in [5, 5.41) is 10.3. The number of halogens is 1. The van der Waals surface area contributed by atoms with Gasteiger partial charge in [-0.3, -0.25) is 0 Å². The highest BCUT2D eigenvalue weighted by Gasteiger charge is 2.03. The summed E-state index contributed by atoms with van der Waals surface area (Å²) in [5.41, 5.74) is 6.20. The Labute approximate surface area is 83.0 Å². The summed E-state index contributed by atoms with van der Waals surface area (Å²) in [6, 6.07) is 8.32. The van der Waals surface area contributed by atoms with Crippen LogP contribution in [0.1, 0.15) is 5.56 Å². The molecule has 13 heavy (non-hydrogen) atoms. The van der Waals surface area contributed by atoms with Crippen LogP contribution in [-0.4, -0.2) is 12.0 Å². The Balaban J connectivity index is 0.00000144. The molecule has 0 saturated heterocycles. The number of nitrogens with two attached hydrogens (primary N) is 1. The van der Waals surface area contributed by atoms with Gasteiger partial charge in [0.15, 0.2) is 0 Å². The first kappa shape index (κ1) is 11.9. The Hall–Kier alpha value is -1.06. The first-order chi connectivity index (χ1) is 5.70. The summed E-state index contributed by atoms with van der Waals surface area (Å²) in [5.74, 6) is -1.21. The van der Waals surface area contributed by atoms with E-state index in [9.17, 15) is 9.90 Å². The molecule has 3 nitrogen and oxygen atoms in total. The Kier molecular flexibility index (Phi) is 5.11. The number of carbonyl (C=O) groups excluding carboxylic acids is 1. The first-order valence-electron chi connectivity index (χ1n) is 3.70. The van der Waals surface area contributed by atoms with Gasteiger partial charge in [0.05, 0.1) is 5.97 Å². The van der Waals surface area contributed by atoms with Crippen molar-refractivity contribution in [1.29, 1.82) is 0 Å².